The molecule has 11 nitrogen and oxygen atoms in total. The van der Waals surface area contributed by atoms with E-state index in [0.717, 1.165) is 59.9 Å². The molecule has 254 valence electrons. The van der Waals surface area contributed by atoms with Crippen LogP contribution in [-0.4, -0.2) is 29.5 Å². The van der Waals surface area contributed by atoms with Gasteiger partial charge in [-0.1, -0.05) is 55.5 Å². The first-order valence-electron chi connectivity index (χ1n) is 17.1. The number of allylic oxidation sites excluding steroid dienone is 3. The molecule has 0 bridgehead atoms. The van der Waals surface area contributed by atoms with Crippen molar-refractivity contribution in [1.29, 1.82) is 0 Å². The van der Waals surface area contributed by atoms with E-state index < -0.39 is 4.92 Å². The van der Waals surface area contributed by atoms with E-state index in [4.69, 9.17) is 20.8 Å². The van der Waals surface area contributed by atoms with Crippen molar-refractivity contribution in [1.82, 2.24) is 0 Å². The largest absolute Gasteiger partial charge is 0.487 e. The van der Waals surface area contributed by atoms with Gasteiger partial charge in [-0.3, -0.25) is 20.2 Å². The molecule has 3 aromatic carbocycles. The van der Waals surface area contributed by atoms with E-state index in [1.807, 2.05) is 41.0 Å². The lowest BCUT2D eigenvalue weighted by atomic mass is 9.93. The second-order valence-corrected chi connectivity index (χ2v) is 13.2. The minimum absolute atomic E-state index is 0.0543. The Hall–Kier alpha value is -4.90. The summed E-state index contributed by atoms with van der Waals surface area (Å²) in [4.78, 5) is 27.1. The summed E-state index contributed by atoms with van der Waals surface area (Å²) in [6.07, 6.45) is 8.21. The van der Waals surface area contributed by atoms with Crippen LogP contribution >= 0.6 is 11.6 Å². The highest BCUT2D eigenvalue weighted by Crippen LogP contribution is 2.49. The number of hydrogen-bond donors (Lipinski definition) is 0. The molecule has 0 saturated heterocycles. The lowest BCUT2D eigenvalue weighted by Crippen LogP contribution is -2.39. The van der Waals surface area contributed by atoms with Gasteiger partial charge >= 0.3 is 5.89 Å². The number of non-ortho nitro benzene ring substituents is 2. The van der Waals surface area contributed by atoms with Gasteiger partial charge in [0, 0.05) is 42.9 Å². The zero-order chi connectivity index (χ0) is 34.1. The predicted octanol–water partition coefficient (Wildman–Crippen LogP) is 8.89. The summed E-state index contributed by atoms with van der Waals surface area (Å²) in [5.74, 6) is 2.91. The van der Waals surface area contributed by atoms with Gasteiger partial charge in [0.05, 0.1) is 37.9 Å². The summed E-state index contributed by atoms with van der Waals surface area (Å²) >= 11 is 7.46. The molecule has 0 spiro atoms. The standard InChI is InChI=1S/C37H39ClN5O6/c1-2-39-33-23-26(42(44)45)15-17-31(33)40(20-19-25-9-6-7-10-25)36(39)29-13-8-14-30(35(29)38)37-41(21-22-48-28-11-4-3-5-12-28)32-18-16-27(43(46)47)24-34(32)49-37/h3-5,11-12,15-18,23-25H,2,6-10,13-14,19-22H2,1H3/q+1. The Balaban J connectivity index is 1.33. The first-order chi connectivity index (χ1) is 23.8. The van der Waals surface area contributed by atoms with Gasteiger partial charge in [-0.25, -0.2) is 0 Å². The molecule has 1 aliphatic heterocycles. The minimum atomic E-state index is -0.429. The van der Waals surface area contributed by atoms with Crippen molar-refractivity contribution in [3.63, 3.8) is 0 Å². The van der Waals surface area contributed by atoms with Crippen LogP contribution in [0.15, 0.2) is 87.6 Å². The number of nitrogens with zero attached hydrogens (tertiary/aromatic N) is 5. The molecule has 0 unspecified atom stereocenters. The van der Waals surface area contributed by atoms with Gasteiger partial charge in [-0.2, -0.15) is 4.57 Å². The topological polar surface area (TPSA) is 119 Å². The normalized spacial score (nSPS) is 18.1. The molecule has 0 radical (unpaired) electrons. The van der Waals surface area contributed by atoms with Gasteiger partial charge in [0.25, 0.3) is 16.9 Å². The molecule has 49 heavy (non-hydrogen) atoms. The minimum Gasteiger partial charge on any atom is -0.487 e. The van der Waals surface area contributed by atoms with E-state index in [1.54, 1.807) is 18.2 Å². The van der Waals surface area contributed by atoms with Gasteiger partial charge in [0.15, 0.2) is 6.54 Å². The number of fused-ring (bicyclic) bond motifs is 2. The van der Waals surface area contributed by atoms with Gasteiger partial charge in [-0.05, 0) is 56.7 Å². The van der Waals surface area contributed by atoms with Crippen LogP contribution in [0.3, 0.4) is 0 Å². The maximum absolute atomic E-state index is 11.8. The third kappa shape index (κ3) is 6.35. The van der Waals surface area contributed by atoms with Gasteiger partial charge in [-0.15, -0.1) is 0 Å². The van der Waals surface area contributed by atoms with Crippen molar-refractivity contribution in [2.24, 2.45) is 5.92 Å². The molecule has 2 heterocycles. The van der Waals surface area contributed by atoms with E-state index in [2.05, 4.69) is 16.7 Å². The van der Waals surface area contributed by atoms with E-state index >= 15 is 0 Å². The van der Waals surface area contributed by atoms with Crippen LogP contribution in [0, 0.1) is 26.1 Å². The van der Waals surface area contributed by atoms with Crippen molar-refractivity contribution >= 4 is 51.0 Å². The Morgan fingerprint density at radius 3 is 2.35 bits per heavy atom. The third-order valence-corrected chi connectivity index (χ3v) is 10.4. The number of rotatable bonds is 11. The van der Waals surface area contributed by atoms with Crippen molar-refractivity contribution in [2.75, 3.05) is 29.5 Å². The second kappa shape index (κ2) is 13.9. The van der Waals surface area contributed by atoms with E-state index in [-0.39, 0.29) is 16.3 Å². The average Bonchev–Trinajstić information content (AvgIpc) is 3.83. The van der Waals surface area contributed by atoms with Gasteiger partial charge in [0.1, 0.15) is 18.2 Å². The Labute approximate surface area is 289 Å². The lowest BCUT2D eigenvalue weighted by molar-refractivity contribution is -0.679. The molecular formula is C37H39ClN5O6+. The van der Waals surface area contributed by atoms with Gasteiger partial charge in [0.2, 0.25) is 5.58 Å². The highest BCUT2D eigenvalue weighted by atomic mass is 35.5. The first-order valence-corrected chi connectivity index (χ1v) is 17.5. The highest BCUT2D eigenvalue weighted by molar-refractivity contribution is 6.35. The molecule has 0 amide bonds. The van der Waals surface area contributed by atoms with Crippen molar-refractivity contribution in [3.05, 3.63) is 109 Å². The Bertz CT molecular complexity index is 1970. The summed E-state index contributed by atoms with van der Waals surface area (Å²) in [5.41, 5.74) is 4.66. The average molecular weight is 685 g/mol. The maximum Gasteiger partial charge on any atom is 0.379 e. The number of ether oxygens (including phenoxy) is 1. The number of para-hydroxylation sites is 1. The van der Waals surface area contributed by atoms with Crippen LogP contribution in [0.1, 0.15) is 64.2 Å². The molecule has 3 aliphatic rings. The van der Waals surface area contributed by atoms with Gasteiger partial charge < -0.3 is 19.0 Å². The number of nitro groups is 2. The zero-order valence-corrected chi connectivity index (χ0v) is 28.2. The van der Waals surface area contributed by atoms with Crippen LogP contribution in [-0.2, 0) is 6.54 Å². The summed E-state index contributed by atoms with van der Waals surface area (Å²) in [6.45, 7) is 4.22. The Morgan fingerprint density at radius 1 is 0.898 bits per heavy atom. The van der Waals surface area contributed by atoms with Crippen LogP contribution in [0.5, 0.6) is 5.75 Å². The fourth-order valence-electron chi connectivity index (χ4n) is 7.59. The molecule has 0 N–H and O–H groups in total. The second-order valence-electron chi connectivity index (χ2n) is 12.8. The highest BCUT2D eigenvalue weighted by Gasteiger charge is 2.38. The van der Waals surface area contributed by atoms with Crippen LogP contribution < -0.4 is 19.1 Å². The van der Waals surface area contributed by atoms with Crippen molar-refractivity contribution < 1.29 is 23.6 Å². The number of anilines is 2. The number of aromatic nitrogens is 1. The van der Waals surface area contributed by atoms with Crippen molar-refractivity contribution in [3.8, 4) is 5.75 Å². The summed E-state index contributed by atoms with van der Waals surface area (Å²) in [6, 6.07) is 19.3. The van der Waals surface area contributed by atoms with Crippen molar-refractivity contribution in [2.45, 2.75) is 64.8 Å². The first kappa shape index (κ1) is 32.6. The molecule has 2 aliphatic carbocycles. The fraction of sp³-hybridized carbons (Fsp3) is 0.378. The molecule has 7 rings (SSSR count). The molecule has 12 heteroatoms. The predicted molar refractivity (Wildman–Crippen MR) is 189 cm³/mol. The number of halogens is 1. The zero-order valence-electron chi connectivity index (χ0n) is 27.5. The molecule has 1 aromatic heterocycles. The maximum atomic E-state index is 11.8. The Morgan fingerprint density at radius 2 is 1.61 bits per heavy atom. The molecule has 4 aromatic rings. The van der Waals surface area contributed by atoms with E-state index in [0.29, 0.717) is 54.1 Å². The van der Waals surface area contributed by atoms with Crippen LogP contribution in [0.4, 0.5) is 22.7 Å². The summed E-state index contributed by atoms with van der Waals surface area (Å²) in [5, 5.41) is 24.0. The number of oxazole rings is 1. The third-order valence-electron chi connectivity index (χ3n) is 9.95. The number of benzene rings is 3. The number of nitro benzene ring substituents is 2. The SMILES string of the molecule is CCN1C(=C2CCCC(c3oc4cc([N+](=O)[O-])ccc4[n+]3CCOc3ccccc3)=C2Cl)N(CCC2CCCC2)c2ccc([N+](=O)[O-])cc21. The monoisotopic (exact) mass is 684 g/mol. The smallest absolute Gasteiger partial charge is 0.379 e. The quantitative estimate of drug-likeness (QED) is 0.0873. The summed E-state index contributed by atoms with van der Waals surface area (Å²) in [7, 11) is 0. The van der Waals surface area contributed by atoms with Crippen LogP contribution in [0.25, 0.3) is 16.7 Å². The molecule has 1 fully saturated rings. The number of hydrogen-bond acceptors (Lipinski definition) is 8. The molecule has 1 saturated carbocycles. The van der Waals surface area contributed by atoms with Crippen LogP contribution in [0.2, 0.25) is 0 Å². The van der Waals surface area contributed by atoms with E-state index in [9.17, 15) is 20.2 Å². The van der Waals surface area contributed by atoms with E-state index in [1.165, 1.54) is 37.8 Å². The fourth-order valence-corrected chi connectivity index (χ4v) is 7.94. The summed E-state index contributed by atoms with van der Waals surface area (Å²) < 4.78 is 14.5. The Kier molecular flexibility index (Phi) is 9.27. The molecule has 0 atom stereocenters. The molecular weight excluding hydrogens is 646 g/mol. The lowest BCUT2D eigenvalue weighted by Gasteiger charge is -2.30.